The Bertz CT molecular complexity index is 428. The lowest BCUT2D eigenvalue weighted by molar-refractivity contribution is 0.111. The minimum atomic E-state index is -0.138. The first kappa shape index (κ1) is 15.6. The van der Waals surface area contributed by atoms with Gasteiger partial charge >= 0.3 is 6.03 Å². The second-order valence-corrected chi connectivity index (χ2v) is 5.29. The fourth-order valence-corrected chi connectivity index (χ4v) is 2.17. The zero-order chi connectivity index (χ0) is 14.9. The summed E-state index contributed by atoms with van der Waals surface area (Å²) in [6.45, 7) is 4.64. The maximum Gasteiger partial charge on any atom is 0.314 e. The summed E-state index contributed by atoms with van der Waals surface area (Å²) in [7, 11) is 0. The van der Waals surface area contributed by atoms with Crippen molar-refractivity contribution in [3.05, 3.63) is 29.8 Å². The maximum atomic E-state index is 11.6. The van der Waals surface area contributed by atoms with Crippen LogP contribution in [0, 0.1) is 6.92 Å². The number of amides is 2. The first-order valence-corrected chi connectivity index (χ1v) is 7.57. The summed E-state index contributed by atoms with van der Waals surface area (Å²) in [6, 6.07) is 7.81. The molecule has 1 aromatic rings. The highest BCUT2D eigenvalue weighted by molar-refractivity contribution is 5.73. The van der Waals surface area contributed by atoms with Gasteiger partial charge in [-0.05, 0) is 38.3 Å². The molecule has 1 heterocycles. The molecule has 5 heteroatoms. The smallest absolute Gasteiger partial charge is 0.314 e. The minimum absolute atomic E-state index is 0.138. The second kappa shape index (κ2) is 8.52. The van der Waals surface area contributed by atoms with Crippen LogP contribution in [0.3, 0.4) is 0 Å². The van der Waals surface area contributed by atoms with Gasteiger partial charge in [-0.2, -0.15) is 0 Å². The van der Waals surface area contributed by atoms with E-state index in [9.17, 15) is 4.79 Å². The Morgan fingerprint density at radius 2 is 2.14 bits per heavy atom. The van der Waals surface area contributed by atoms with Gasteiger partial charge in [0.1, 0.15) is 5.75 Å². The number of hydrogen-bond donors (Lipinski definition) is 2. The summed E-state index contributed by atoms with van der Waals surface area (Å²) >= 11 is 0. The lowest BCUT2D eigenvalue weighted by Crippen LogP contribution is -2.40. The fourth-order valence-electron chi connectivity index (χ4n) is 2.17. The monoisotopic (exact) mass is 292 g/mol. The molecule has 0 aliphatic carbocycles. The van der Waals surface area contributed by atoms with Crippen LogP contribution in [0.25, 0.3) is 0 Å². The summed E-state index contributed by atoms with van der Waals surface area (Å²) in [5.41, 5.74) is 1.21. The molecule has 2 amide bonds. The van der Waals surface area contributed by atoms with Gasteiger partial charge < -0.3 is 20.1 Å². The Hall–Kier alpha value is -1.75. The number of carbonyl (C=O) groups excluding carboxylic acids is 1. The van der Waals surface area contributed by atoms with Crippen molar-refractivity contribution < 1.29 is 14.3 Å². The highest BCUT2D eigenvalue weighted by atomic mass is 16.5. The van der Waals surface area contributed by atoms with Crippen molar-refractivity contribution in [2.75, 3.05) is 26.3 Å². The zero-order valence-electron chi connectivity index (χ0n) is 12.6. The molecule has 5 nitrogen and oxygen atoms in total. The quantitative estimate of drug-likeness (QED) is 0.758. The Morgan fingerprint density at radius 3 is 2.86 bits per heavy atom. The first-order chi connectivity index (χ1) is 10.2. The van der Waals surface area contributed by atoms with Crippen molar-refractivity contribution in [3.63, 3.8) is 0 Å². The third kappa shape index (κ3) is 6.04. The zero-order valence-corrected chi connectivity index (χ0v) is 12.6. The van der Waals surface area contributed by atoms with Gasteiger partial charge in [0, 0.05) is 19.7 Å². The molecule has 0 spiro atoms. The minimum Gasteiger partial charge on any atom is -0.494 e. The van der Waals surface area contributed by atoms with Crippen LogP contribution in [0.4, 0.5) is 4.79 Å². The normalized spacial score (nSPS) is 17.5. The largest absolute Gasteiger partial charge is 0.494 e. The molecule has 0 radical (unpaired) electrons. The standard InChI is InChI=1S/C16H24N2O3/c1-13-5-7-14(8-6-13)20-11-3-9-17-16(19)18-12-15-4-2-10-21-15/h5-8,15H,2-4,9-12H2,1H3,(H2,17,18,19). The molecular formula is C16H24N2O3. The van der Waals surface area contributed by atoms with Crippen LogP contribution in [0.15, 0.2) is 24.3 Å². The number of urea groups is 1. The highest BCUT2D eigenvalue weighted by Gasteiger charge is 2.15. The van der Waals surface area contributed by atoms with Gasteiger partial charge in [0.25, 0.3) is 0 Å². The predicted octanol–water partition coefficient (Wildman–Crippen LogP) is 2.24. The van der Waals surface area contributed by atoms with Crippen molar-refractivity contribution in [2.45, 2.75) is 32.3 Å². The van der Waals surface area contributed by atoms with Gasteiger partial charge in [0.05, 0.1) is 12.7 Å². The Labute approximate surface area is 126 Å². The molecule has 0 saturated carbocycles. The molecule has 1 aliphatic rings. The van der Waals surface area contributed by atoms with Crippen LogP contribution in [-0.4, -0.2) is 38.4 Å². The lowest BCUT2D eigenvalue weighted by atomic mass is 10.2. The molecule has 1 unspecified atom stereocenters. The van der Waals surface area contributed by atoms with Crippen LogP contribution < -0.4 is 15.4 Å². The SMILES string of the molecule is Cc1ccc(OCCCNC(=O)NCC2CCCO2)cc1. The first-order valence-electron chi connectivity index (χ1n) is 7.57. The van der Waals surface area contributed by atoms with Crippen molar-refractivity contribution >= 4 is 6.03 Å². The molecule has 0 aromatic heterocycles. The third-order valence-corrected chi connectivity index (χ3v) is 3.41. The van der Waals surface area contributed by atoms with Crippen molar-refractivity contribution in [1.29, 1.82) is 0 Å². The van der Waals surface area contributed by atoms with E-state index in [1.807, 2.05) is 31.2 Å². The number of benzene rings is 1. The molecule has 0 bridgehead atoms. The molecule has 1 aliphatic heterocycles. The van der Waals surface area contributed by atoms with E-state index >= 15 is 0 Å². The summed E-state index contributed by atoms with van der Waals surface area (Å²) < 4.78 is 11.0. The molecular weight excluding hydrogens is 268 g/mol. The molecule has 1 aromatic carbocycles. The number of rotatable bonds is 7. The van der Waals surface area contributed by atoms with E-state index in [4.69, 9.17) is 9.47 Å². The molecule has 21 heavy (non-hydrogen) atoms. The van der Waals surface area contributed by atoms with Gasteiger partial charge in [0.15, 0.2) is 0 Å². The van der Waals surface area contributed by atoms with E-state index in [-0.39, 0.29) is 12.1 Å². The van der Waals surface area contributed by atoms with E-state index in [1.54, 1.807) is 0 Å². The topological polar surface area (TPSA) is 59.6 Å². The molecule has 1 fully saturated rings. The second-order valence-electron chi connectivity index (χ2n) is 5.29. The van der Waals surface area contributed by atoms with Crippen molar-refractivity contribution in [3.8, 4) is 5.75 Å². The van der Waals surface area contributed by atoms with Gasteiger partial charge in [-0.1, -0.05) is 17.7 Å². The van der Waals surface area contributed by atoms with E-state index in [2.05, 4.69) is 10.6 Å². The number of ether oxygens (including phenoxy) is 2. The Balaban J connectivity index is 1.48. The van der Waals surface area contributed by atoms with Gasteiger partial charge in [-0.15, -0.1) is 0 Å². The van der Waals surface area contributed by atoms with Gasteiger partial charge in [-0.3, -0.25) is 0 Å². The highest BCUT2D eigenvalue weighted by Crippen LogP contribution is 2.11. The third-order valence-electron chi connectivity index (χ3n) is 3.41. The predicted molar refractivity (Wildman–Crippen MR) is 81.7 cm³/mol. The molecule has 116 valence electrons. The van der Waals surface area contributed by atoms with E-state index in [0.29, 0.717) is 19.7 Å². The number of aryl methyl sites for hydroxylation is 1. The lowest BCUT2D eigenvalue weighted by Gasteiger charge is -2.12. The maximum absolute atomic E-state index is 11.6. The Kier molecular flexibility index (Phi) is 6.34. The molecule has 1 atom stereocenters. The summed E-state index contributed by atoms with van der Waals surface area (Å²) in [5.74, 6) is 0.864. The number of carbonyl (C=O) groups is 1. The van der Waals surface area contributed by atoms with Gasteiger partial charge in [0.2, 0.25) is 0 Å². The van der Waals surface area contributed by atoms with E-state index in [0.717, 1.165) is 31.6 Å². The van der Waals surface area contributed by atoms with Crippen molar-refractivity contribution in [2.24, 2.45) is 0 Å². The van der Waals surface area contributed by atoms with Crippen LogP contribution in [0.1, 0.15) is 24.8 Å². The molecule has 2 N–H and O–H groups in total. The van der Waals surface area contributed by atoms with Crippen LogP contribution >= 0.6 is 0 Å². The van der Waals surface area contributed by atoms with E-state index < -0.39 is 0 Å². The van der Waals surface area contributed by atoms with Crippen LogP contribution in [0.5, 0.6) is 5.75 Å². The summed E-state index contributed by atoms with van der Waals surface area (Å²) in [4.78, 5) is 11.6. The average Bonchev–Trinajstić information content (AvgIpc) is 3.00. The molecule has 2 rings (SSSR count). The Morgan fingerprint density at radius 1 is 1.33 bits per heavy atom. The van der Waals surface area contributed by atoms with E-state index in [1.165, 1.54) is 5.56 Å². The number of nitrogens with one attached hydrogen (secondary N) is 2. The summed E-state index contributed by atoms with van der Waals surface area (Å²) in [6.07, 6.45) is 3.08. The number of hydrogen-bond acceptors (Lipinski definition) is 3. The van der Waals surface area contributed by atoms with Crippen LogP contribution in [0.2, 0.25) is 0 Å². The van der Waals surface area contributed by atoms with Crippen LogP contribution in [-0.2, 0) is 4.74 Å². The fraction of sp³-hybridized carbons (Fsp3) is 0.562. The van der Waals surface area contributed by atoms with Gasteiger partial charge in [-0.25, -0.2) is 4.79 Å². The molecule has 1 saturated heterocycles. The average molecular weight is 292 g/mol. The summed E-state index contributed by atoms with van der Waals surface area (Å²) in [5, 5.41) is 5.64. The van der Waals surface area contributed by atoms with Crippen molar-refractivity contribution in [1.82, 2.24) is 10.6 Å².